The Morgan fingerprint density at radius 3 is 2.29 bits per heavy atom. The molecule has 0 saturated heterocycles. The van der Waals surface area contributed by atoms with Crippen LogP contribution in [0.25, 0.3) is 0 Å². The molecule has 0 bridgehead atoms. The summed E-state index contributed by atoms with van der Waals surface area (Å²) in [7, 11) is 0. The van der Waals surface area contributed by atoms with Crippen LogP contribution in [-0.4, -0.2) is 11.1 Å². The first kappa shape index (κ1) is 21.9. The lowest BCUT2D eigenvalue weighted by Crippen LogP contribution is -2.39. The van der Waals surface area contributed by atoms with Crippen molar-refractivity contribution >= 4 is 11.3 Å². The van der Waals surface area contributed by atoms with E-state index in [-0.39, 0.29) is 5.41 Å². The molecule has 2 aromatic carbocycles. The summed E-state index contributed by atoms with van der Waals surface area (Å²) in [5.41, 5.74) is 2.99. The monoisotopic (exact) mass is 434 g/mol. The van der Waals surface area contributed by atoms with E-state index in [9.17, 15) is 0 Å². The number of ether oxygens (including phenoxy) is 1. The molecule has 0 spiro atoms. The molecule has 1 aliphatic carbocycles. The Morgan fingerprint density at radius 1 is 0.935 bits per heavy atom. The quantitative estimate of drug-likeness (QED) is 0.307. The number of nitrogens with zero attached hydrogens (tertiary/aromatic N) is 2. The highest BCUT2D eigenvalue weighted by Crippen LogP contribution is 2.49. The van der Waals surface area contributed by atoms with Gasteiger partial charge in [-0.25, -0.2) is 0 Å². The van der Waals surface area contributed by atoms with Crippen molar-refractivity contribution in [1.29, 1.82) is 0 Å². The lowest BCUT2D eigenvalue weighted by atomic mass is 9.62. The number of para-hydroxylation sites is 1. The van der Waals surface area contributed by atoms with Crippen LogP contribution in [0.2, 0.25) is 0 Å². The number of thiazole rings is 1. The first-order valence-electron chi connectivity index (χ1n) is 11.8. The van der Waals surface area contributed by atoms with Crippen molar-refractivity contribution < 1.29 is 4.74 Å². The molecule has 0 amide bonds. The minimum atomic E-state index is 0.119. The van der Waals surface area contributed by atoms with Crippen LogP contribution in [-0.2, 0) is 12.0 Å². The Bertz CT molecular complexity index is 1010. The van der Waals surface area contributed by atoms with Gasteiger partial charge >= 0.3 is 0 Å². The van der Waals surface area contributed by atoms with Crippen molar-refractivity contribution in [3.05, 3.63) is 76.0 Å². The van der Waals surface area contributed by atoms with E-state index in [0.717, 1.165) is 31.0 Å². The van der Waals surface area contributed by atoms with Gasteiger partial charge in [-0.2, -0.15) is 0 Å². The average molecular weight is 435 g/mol. The summed E-state index contributed by atoms with van der Waals surface area (Å²) in [6.45, 7) is 6.50. The summed E-state index contributed by atoms with van der Waals surface area (Å²) in [6, 6.07) is 18.8. The van der Waals surface area contributed by atoms with Gasteiger partial charge in [0.1, 0.15) is 11.5 Å². The number of hydrogen-bond acceptors (Lipinski definition) is 3. The molecule has 3 nitrogen and oxygen atoms in total. The van der Waals surface area contributed by atoms with Gasteiger partial charge in [-0.05, 0) is 55.5 Å². The molecule has 1 heterocycles. The second-order valence-electron chi connectivity index (χ2n) is 8.52. The Labute approximate surface area is 190 Å². The summed E-state index contributed by atoms with van der Waals surface area (Å²) in [5, 5.41) is 2.38. The molecule has 0 radical (unpaired) electrons. The molecule has 1 aromatic heterocycles. The lowest BCUT2D eigenvalue weighted by molar-refractivity contribution is 0.281. The van der Waals surface area contributed by atoms with Gasteiger partial charge in [-0.3, -0.25) is 4.99 Å². The van der Waals surface area contributed by atoms with E-state index in [1.165, 1.54) is 54.6 Å². The van der Waals surface area contributed by atoms with Crippen molar-refractivity contribution in [3.8, 4) is 11.5 Å². The Hall–Kier alpha value is -2.33. The van der Waals surface area contributed by atoms with Gasteiger partial charge in [-0.15, -0.1) is 11.3 Å². The number of rotatable bonds is 10. The highest BCUT2D eigenvalue weighted by atomic mass is 32.1. The van der Waals surface area contributed by atoms with Gasteiger partial charge in [0.15, 0.2) is 4.80 Å². The zero-order valence-corrected chi connectivity index (χ0v) is 19.7. The summed E-state index contributed by atoms with van der Waals surface area (Å²) in [4.78, 5) is 6.16. The van der Waals surface area contributed by atoms with E-state index >= 15 is 0 Å². The fourth-order valence-electron chi connectivity index (χ4n) is 4.39. The normalized spacial score (nSPS) is 15.6. The maximum Gasteiger partial charge on any atom is 0.184 e. The van der Waals surface area contributed by atoms with Crippen LogP contribution in [0.3, 0.4) is 0 Å². The van der Waals surface area contributed by atoms with Gasteiger partial charge in [0.2, 0.25) is 0 Å². The predicted octanol–water partition coefficient (Wildman–Crippen LogP) is 7.31. The number of aromatic nitrogens is 1. The number of benzene rings is 2. The minimum absolute atomic E-state index is 0.119. The van der Waals surface area contributed by atoms with Gasteiger partial charge in [-0.1, -0.05) is 63.4 Å². The molecule has 0 atom stereocenters. The Balaban J connectivity index is 1.63. The molecule has 4 heteroatoms. The van der Waals surface area contributed by atoms with E-state index in [1.54, 1.807) is 0 Å². The van der Waals surface area contributed by atoms with Crippen molar-refractivity contribution in [2.45, 2.75) is 70.8 Å². The fraction of sp³-hybridized carbons (Fsp3) is 0.444. The first-order valence-corrected chi connectivity index (χ1v) is 12.7. The molecule has 0 unspecified atom stereocenters. The average Bonchev–Trinajstić information content (AvgIpc) is 3.16. The largest absolute Gasteiger partial charge is 0.457 e. The lowest BCUT2D eigenvalue weighted by Gasteiger charge is -2.43. The molecular formula is C27H34N2OS. The van der Waals surface area contributed by atoms with Crippen molar-refractivity contribution in [2.75, 3.05) is 6.54 Å². The molecule has 4 rings (SSSR count). The maximum absolute atomic E-state index is 6.02. The summed E-state index contributed by atoms with van der Waals surface area (Å²) >= 11 is 1.82. The summed E-state index contributed by atoms with van der Waals surface area (Å²) in [5.74, 6) is 1.77. The van der Waals surface area contributed by atoms with E-state index in [0.29, 0.717) is 0 Å². The number of hydrogen-bond donors (Lipinski definition) is 0. The van der Waals surface area contributed by atoms with Crippen LogP contribution in [0.4, 0.5) is 0 Å². The third kappa shape index (κ3) is 4.79. The van der Waals surface area contributed by atoms with Crippen LogP contribution < -0.4 is 9.54 Å². The highest BCUT2D eigenvalue weighted by Gasteiger charge is 2.42. The Morgan fingerprint density at radius 2 is 1.65 bits per heavy atom. The molecule has 1 aliphatic rings. The molecule has 1 saturated carbocycles. The highest BCUT2D eigenvalue weighted by molar-refractivity contribution is 7.07. The van der Waals surface area contributed by atoms with Gasteiger partial charge in [0.05, 0.1) is 0 Å². The maximum atomic E-state index is 6.02. The Kier molecular flexibility index (Phi) is 7.29. The zero-order chi connectivity index (χ0) is 21.5. The molecule has 1 fully saturated rings. The SMILES string of the molecule is CCCCN=c1scc(C2(c3ccc(Oc4ccccc4)cc3)CCC2)n1CCCC. The second kappa shape index (κ2) is 10.3. The third-order valence-corrected chi connectivity index (χ3v) is 7.28. The summed E-state index contributed by atoms with van der Waals surface area (Å²) in [6.07, 6.45) is 8.47. The predicted molar refractivity (Wildman–Crippen MR) is 130 cm³/mol. The topological polar surface area (TPSA) is 26.5 Å². The van der Waals surface area contributed by atoms with Crippen LogP contribution in [0, 0.1) is 0 Å². The summed E-state index contributed by atoms with van der Waals surface area (Å²) < 4.78 is 8.55. The van der Waals surface area contributed by atoms with Gasteiger partial charge in [0, 0.05) is 29.6 Å². The third-order valence-electron chi connectivity index (χ3n) is 6.37. The molecule has 0 aliphatic heterocycles. The molecular weight excluding hydrogens is 400 g/mol. The van der Waals surface area contributed by atoms with Crippen LogP contribution >= 0.6 is 11.3 Å². The van der Waals surface area contributed by atoms with Crippen molar-refractivity contribution in [1.82, 2.24) is 4.57 Å². The van der Waals surface area contributed by atoms with Gasteiger partial charge in [0.25, 0.3) is 0 Å². The van der Waals surface area contributed by atoms with E-state index in [4.69, 9.17) is 9.73 Å². The van der Waals surface area contributed by atoms with E-state index in [1.807, 2.05) is 41.7 Å². The molecule has 164 valence electrons. The molecule has 31 heavy (non-hydrogen) atoms. The molecule has 0 N–H and O–H groups in total. The number of unbranched alkanes of at least 4 members (excludes halogenated alkanes) is 2. The van der Waals surface area contributed by atoms with Gasteiger partial charge < -0.3 is 9.30 Å². The van der Waals surface area contributed by atoms with Crippen molar-refractivity contribution in [3.63, 3.8) is 0 Å². The van der Waals surface area contributed by atoms with E-state index in [2.05, 4.69) is 48.1 Å². The van der Waals surface area contributed by atoms with Crippen LogP contribution in [0.1, 0.15) is 70.1 Å². The zero-order valence-electron chi connectivity index (χ0n) is 18.8. The van der Waals surface area contributed by atoms with Crippen LogP contribution in [0.15, 0.2) is 65.0 Å². The smallest absolute Gasteiger partial charge is 0.184 e. The fourth-order valence-corrected chi connectivity index (χ4v) is 5.44. The second-order valence-corrected chi connectivity index (χ2v) is 9.36. The standard InChI is InChI=1S/C27H34N2OS/c1-3-5-19-28-26-29(20-6-4-2)25(21-31-26)27(17-10-18-27)22-13-15-24(16-14-22)30-23-11-8-7-9-12-23/h7-9,11-16,21H,3-6,10,17-20H2,1-2H3. The van der Waals surface area contributed by atoms with E-state index < -0.39 is 0 Å². The van der Waals surface area contributed by atoms with Crippen LogP contribution in [0.5, 0.6) is 11.5 Å². The molecule has 3 aromatic rings. The van der Waals surface area contributed by atoms with Crippen molar-refractivity contribution in [2.24, 2.45) is 4.99 Å². The minimum Gasteiger partial charge on any atom is -0.457 e. The first-order chi connectivity index (χ1) is 15.3.